The van der Waals surface area contributed by atoms with Gasteiger partial charge in [-0.25, -0.2) is 4.98 Å². The minimum atomic E-state index is 0.160. The number of amides is 1. The van der Waals surface area contributed by atoms with Crippen molar-refractivity contribution in [2.75, 3.05) is 37.8 Å². The van der Waals surface area contributed by atoms with E-state index >= 15 is 0 Å². The first-order valence-electron chi connectivity index (χ1n) is 9.95. The number of hydrogen-bond donors (Lipinski definition) is 0. The van der Waals surface area contributed by atoms with E-state index in [1.54, 1.807) is 11.3 Å². The summed E-state index contributed by atoms with van der Waals surface area (Å²) < 4.78 is 1.14. The van der Waals surface area contributed by atoms with Crippen LogP contribution in [0.3, 0.4) is 0 Å². The molecule has 0 fully saturated rings. The van der Waals surface area contributed by atoms with Crippen molar-refractivity contribution in [3.8, 4) is 0 Å². The number of carbonyl (C=O) groups is 1. The molecule has 0 atom stereocenters. The third-order valence-electron chi connectivity index (χ3n) is 4.74. The summed E-state index contributed by atoms with van der Waals surface area (Å²) in [6.45, 7) is 5.65. The third kappa shape index (κ3) is 6.04. The lowest BCUT2D eigenvalue weighted by Crippen LogP contribution is -2.36. The van der Waals surface area contributed by atoms with E-state index in [0.29, 0.717) is 13.0 Å². The lowest BCUT2D eigenvalue weighted by atomic mass is 10.2. The molecule has 0 spiro atoms. The Morgan fingerprint density at radius 1 is 1.07 bits per heavy atom. The smallest absolute Gasteiger partial charge is 0.228 e. The molecule has 154 valence electrons. The van der Waals surface area contributed by atoms with Crippen LogP contribution in [0.15, 0.2) is 47.4 Å². The molecule has 4 nitrogen and oxygen atoms in total. The Hall–Kier alpha value is -1.89. The zero-order chi connectivity index (χ0) is 20.8. The Balaban J connectivity index is 1.64. The van der Waals surface area contributed by atoms with Crippen LogP contribution in [-0.2, 0) is 4.79 Å². The normalized spacial score (nSPS) is 11.3. The van der Waals surface area contributed by atoms with Crippen molar-refractivity contribution >= 4 is 44.4 Å². The second kappa shape index (κ2) is 10.2. The molecule has 0 unspecified atom stereocenters. The van der Waals surface area contributed by atoms with Crippen LogP contribution in [0.25, 0.3) is 10.2 Å². The molecule has 0 radical (unpaired) electrons. The van der Waals surface area contributed by atoms with Gasteiger partial charge < -0.3 is 4.90 Å². The highest BCUT2D eigenvalue weighted by Gasteiger charge is 2.20. The molecule has 2 aromatic carbocycles. The van der Waals surface area contributed by atoms with Crippen molar-refractivity contribution in [3.63, 3.8) is 0 Å². The van der Waals surface area contributed by atoms with Gasteiger partial charge in [0.25, 0.3) is 0 Å². The van der Waals surface area contributed by atoms with Crippen molar-refractivity contribution in [2.45, 2.75) is 31.6 Å². The summed E-state index contributed by atoms with van der Waals surface area (Å²) >= 11 is 3.42. The van der Waals surface area contributed by atoms with E-state index in [2.05, 4.69) is 55.1 Å². The zero-order valence-corrected chi connectivity index (χ0v) is 19.3. The summed E-state index contributed by atoms with van der Waals surface area (Å²) in [4.78, 5) is 23.1. The van der Waals surface area contributed by atoms with Crippen LogP contribution < -0.4 is 4.90 Å². The lowest BCUT2D eigenvalue weighted by molar-refractivity contribution is -0.118. The van der Waals surface area contributed by atoms with Gasteiger partial charge in [-0.1, -0.05) is 41.2 Å². The molecule has 0 N–H and O–H groups in total. The van der Waals surface area contributed by atoms with Gasteiger partial charge >= 0.3 is 0 Å². The van der Waals surface area contributed by atoms with Gasteiger partial charge in [0.2, 0.25) is 5.91 Å². The zero-order valence-electron chi connectivity index (χ0n) is 17.6. The van der Waals surface area contributed by atoms with Crippen molar-refractivity contribution in [2.24, 2.45) is 0 Å². The number of aromatic nitrogens is 1. The molecule has 1 amide bonds. The predicted molar refractivity (Wildman–Crippen MR) is 126 cm³/mol. The quantitative estimate of drug-likeness (QED) is 0.339. The fourth-order valence-electron chi connectivity index (χ4n) is 3.00. The molecule has 0 aliphatic carbocycles. The van der Waals surface area contributed by atoms with Crippen molar-refractivity contribution in [1.82, 2.24) is 9.88 Å². The van der Waals surface area contributed by atoms with Crippen LogP contribution in [0.4, 0.5) is 5.13 Å². The number of aryl methyl sites for hydroxylation is 2. The molecule has 0 aliphatic heterocycles. The van der Waals surface area contributed by atoms with Gasteiger partial charge in [0.1, 0.15) is 0 Å². The van der Waals surface area contributed by atoms with E-state index in [0.717, 1.165) is 39.6 Å². The number of thioether (sulfide) groups is 1. The lowest BCUT2D eigenvalue weighted by Gasteiger charge is -2.22. The number of carbonyl (C=O) groups excluding carboxylic acids is 1. The molecule has 29 heavy (non-hydrogen) atoms. The minimum absolute atomic E-state index is 0.160. The standard InChI is InChI=1S/C23H29N3OS2/c1-17-10-12-19(13-11-17)28-16-6-9-21(27)26(15-14-25(3)4)23-24-22-18(2)7-5-8-20(22)29-23/h5,7-8,10-13H,6,9,14-16H2,1-4H3. The number of para-hydroxylation sites is 1. The minimum Gasteiger partial charge on any atom is -0.308 e. The SMILES string of the molecule is Cc1ccc(SCCCC(=O)N(CCN(C)C)c2nc3c(C)cccc3s2)cc1. The molecule has 0 saturated heterocycles. The Labute approximate surface area is 181 Å². The van der Waals surface area contributed by atoms with E-state index < -0.39 is 0 Å². The number of benzene rings is 2. The summed E-state index contributed by atoms with van der Waals surface area (Å²) in [5, 5.41) is 0.812. The Morgan fingerprint density at radius 3 is 2.52 bits per heavy atom. The van der Waals surface area contributed by atoms with Crippen LogP contribution >= 0.6 is 23.1 Å². The second-order valence-electron chi connectivity index (χ2n) is 7.53. The van der Waals surface area contributed by atoms with Crippen LogP contribution in [0.2, 0.25) is 0 Å². The summed E-state index contributed by atoms with van der Waals surface area (Å²) in [6, 6.07) is 14.8. The number of likely N-dealkylation sites (N-methyl/N-ethyl adjacent to an activating group) is 1. The first kappa shape index (κ1) is 21.8. The summed E-state index contributed by atoms with van der Waals surface area (Å²) in [5.41, 5.74) is 3.43. The number of fused-ring (bicyclic) bond motifs is 1. The number of hydrogen-bond acceptors (Lipinski definition) is 5. The van der Waals surface area contributed by atoms with Crippen LogP contribution in [0.5, 0.6) is 0 Å². The summed E-state index contributed by atoms with van der Waals surface area (Å²) in [7, 11) is 4.06. The molecular weight excluding hydrogens is 398 g/mol. The second-order valence-corrected chi connectivity index (χ2v) is 9.71. The van der Waals surface area contributed by atoms with Gasteiger partial charge in [0.15, 0.2) is 5.13 Å². The monoisotopic (exact) mass is 427 g/mol. The van der Waals surface area contributed by atoms with Gasteiger partial charge in [0.05, 0.1) is 10.2 Å². The maximum Gasteiger partial charge on any atom is 0.228 e. The Morgan fingerprint density at radius 2 is 1.83 bits per heavy atom. The number of nitrogens with zero attached hydrogens (tertiary/aromatic N) is 3. The maximum absolute atomic E-state index is 13.0. The largest absolute Gasteiger partial charge is 0.308 e. The summed E-state index contributed by atoms with van der Waals surface area (Å²) in [5.74, 6) is 1.10. The van der Waals surface area contributed by atoms with Crippen LogP contribution in [-0.4, -0.2) is 48.7 Å². The number of rotatable bonds is 9. The van der Waals surface area contributed by atoms with E-state index in [9.17, 15) is 4.79 Å². The maximum atomic E-state index is 13.0. The van der Waals surface area contributed by atoms with Crippen molar-refractivity contribution in [3.05, 3.63) is 53.6 Å². The highest BCUT2D eigenvalue weighted by Crippen LogP contribution is 2.31. The first-order valence-corrected chi connectivity index (χ1v) is 11.7. The molecule has 3 rings (SSSR count). The van der Waals surface area contributed by atoms with Gasteiger partial charge in [-0.2, -0.15) is 0 Å². The molecular formula is C23H29N3OS2. The van der Waals surface area contributed by atoms with Gasteiger partial charge in [-0.05, 0) is 63.9 Å². The first-order chi connectivity index (χ1) is 13.9. The van der Waals surface area contributed by atoms with Crippen LogP contribution in [0.1, 0.15) is 24.0 Å². The molecule has 0 bridgehead atoms. The van der Waals surface area contributed by atoms with E-state index in [4.69, 9.17) is 4.98 Å². The fourth-order valence-corrected chi connectivity index (χ4v) is 4.94. The Bertz CT molecular complexity index is 950. The number of thiazole rings is 1. The van der Waals surface area contributed by atoms with Gasteiger partial charge in [0, 0.05) is 24.4 Å². The Kier molecular flexibility index (Phi) is 7.70. The molecule has 1 aromatic heterocycles. The van der Waals surface area contributed by atoms with Crippen LogP contribution in [0, 0.1) is 13.8 Å². The fraction of sp³-hybridized carbons (Fsp3) is 0.391. The average molecular weight is 428 g/mol. The van der Waals surface area contributed by atoms with E-state index in [-0.39, 0.29) is 5.91 Å². The molecule has 3 aromatic rings. The predicted octanol–water partition coefficient (Wildman–Crippen LogP) is 5.38. The summed E-state index contributed by atoms with van der Waals surface area (Å²) in [6.07, 6.45) is 1.40. The van der Waals surface area contributed by atoms with Crippen molar-refractivity contribution < 1.29 is 4.79 Å². The third-order valence-corrected chi connectivity index (χ3v) is 6.88. The molecule has 6 heteroatoms. The van der Waals surface area contributed by atoms with Gasteiger partial charge in [-0.3, -0.25) is 9.69 Å². The van der Waals surface area contributed by atoms with E-state index in [1.165, 1.54) is 10.5 Å². The molecule has 0 aliphatic rings. The highest BCUT2D eigenvalue weighted by atomic mass is 32.2. The molecule has 1 heterocycles. The highest BCUT2D eigenvalue weighted by molar-refractivity contribution is 7.99. The van der Waals surface area contributed by atoms with E-state index in [1.807, 2.05) is 36.8 Å². The van der Waals surface area contributed by atoms with Crippen molar-refractivity contribution in [1.29, 1.82) is 0 Å². The topological polar surface area (TPSA) is 36.4 Å². The van der Waals surface area contributed by atoms with Gasteiger partial charge in [-0.15, -0.1) is 11.8 Å². The average Bonchev–Trinajstić information content (AvgIpc) is 3.12. The molecule has 0 saturated carbocycles. The number of anilines is 1.